The van der Waals surface area contributed by atoms with Gasteiger partial charge in [-0.3, -0.25) is 9.78 Å². The van der Waals surface area contributed by atoms with Gasteiger partial charge in [0, 0.05) is 32.4 Å². The zero-order valence-electron chi connectivity index (χ0n) is 9.06. The van der Waals surface area contributed by atoms with E-state index in [2.05, 4.69) is 10.3 Å². The van der Waals surface area contributed by atoms with Gasteiger partial charge in [0.15, 0.2) is 0 Å². The minimum atomic E-state index is -0.476. The predicted molar refractivity (Wildman–Crippen MR) is 67.5 cm³/mol. The maximum Gasteiger partial charge on any atom is 0.255 e. The number of hydrogen-bond donors (Lipinski definition) is 1. The van der Waals surface area contributed by atoms with Gasteiger partial charge in [-0.25, -0.2) is 4.39 Å². The number of hydrogen-bond acceptors (Lipinski definition) is 3. The molecular formula is C10H14Cl2FN3O. The average Bonchev–Trinajstić information content (AvgIpc) is 2.29. The van der Waals surface area contributed by atoms with E-state index in [0.717, 1.165) is 19.3 Å². The lowest BCUT2D eigenvalue weighted by molar-refractivity contribution is 0.0735. The largest absolute Gasteiger partial charge is 0.336 e. The van der Waals surface area contributed by atoms with Crippen LogP contribution in [0.5, 0.6) is 0 Å². The molecule has 0 spiro atoms. The number of carbonyl (C=O) groups excluding carboxylic acids is 1. The lowest BCUT2D eigenvalue weighted by atomic mass is 10.2. The van der Waals surface area contributed by atoms with Gasteiger partial charge in [-0.05, 0) is 6.07 Å². The molecule has 1 saturated heterocycles. The molecule has 1 aromatic heterocycles. The van der Waals surface area contributed by atoms with Crippen molar-refractivity contribution in [2.45, 2.75) is 0 Å². The Morgan fingerprint density at radius 1 is 1.29 bits per heavy atom. The van der Waals surface area contributed by atoms with Gasteiger partial charge in [0.05, 0.1) is 11.8 Å². The second-order valence-corrected chi connectivity index (χ2v) is 3.43. The summed E-state index contributed by atoms with van der Waals surface area (Å²) in [4.78, 5) is 17.2. The van der Waals surface area contributed by atoms with Crippen molar-refractivity contribution in [1.82, 2.24) is 15.2 Å². The number of nitrogens with one attached hydrogen (secondary N) is 1. The maximum atomic E-state index is 12.8. The molecule has 0 bridgehead atoms. The Balaban J connectivity index is 0.00000128. The van der Waals surface area contributed by atoms with Gasteiger partial charge in [-0.2, -0.15) is 0 Å². The molecule has 0 aliphatic carbocycles. The highest BCUT2D eigenvalue weighted by Crippen LogP contribution is 2.06. The average molecular weight is 282 g/mol. The van der Waals surface area contributed by atoms with Crippen LogP contribution in [-0.4, -0.2) is 42.0 Å². The van der Waals surface area contributed by atoms with E-state index in [9.17, 15) is 9.18 Å². The number of aromatic nitrogens is 1. The van der Waals surface area contributed by atoms with Crippen LogP contribution in [0.15, 0.2) is 18.5 Å². The molecule has 1 fully saturated rings. The number of nitrogens with zero attached hydrogens (tertiary/aromatic N) is 2. The number of carbonyl (C=O) groups is 1. The van der Waals surface area contributed by atoms with Crippen molar-refractivity contribution in [3.63, 3.8) is 0 Å². The molecule has 7 heteroatoms. The fraction of sp³-hybridized carbons (Fsp3) is 0.400. The highest BCUT2D eigenvalue weighted by molar-refractivity contribution is 5.94. The van der Waals surface area contributed by atoms with Crippen molar-refractivity contribution in [3.05, 3.63) is 29.8 Å². The SMILES string of the molecule is Cl.Cl.O=C(c1cncc(F)c1)N1CCNCC1. The van der Waals surface area contributed by atoms with Crippen molar-refractivity contribution >= 4 is 30.7 Å². The number of piperazine rings is 1. The Kier molecular flexibility index (Phi) is 7.03. The first-order chi connectivity index (χ1) is 7.27. The Morgan fingerprint density at radius 2 is 1.94 bits per heavy atom. The number of halogens is 3. The van der Waals surface area contributed by atoms with Crippen molar-refractivity contribution in [3.8, 4) is 0 Å². The smallest absolute Gasteiger partial charge is 0.255 e. The van der Waals surface area contributed by atoms with Crippen molar-refractivity contribution in [1.29, 1.82) is 0 Å². The van der Waals surface area contributed by atoms with E-state index in [1.165, 1.54) is 12.3 Å². The number of pyridine rings is 1. The minimum Gasteiger partial charge on any atom is -0.336 e. The molecular weight excluding hydrogens is 268 g/mol. The Labute approximate surface area is 111 Å². The summed E-state index contributed by atoms with van der Waals surface area (Å²) < 4.78 is 12.8. The first-order valence-corrected chi connectivity index (χ1v) is 4.88. The summed E-state index contributed by atoms with van der Waals surface area (Å²) in [6.45, 7) is 2.90. The fourth-order valence-electron chi connectivity index (χ4n) is 1.58. The topological polar surface area (TPSA) is 45.2 Å². The molecule has 17 heavy (non-hydrogen) atoms. The Morgan fingerprint density at radius 3 is 2.53 bits per heavy atom. The van der Waals surface area contributed by atoms with Crippen molar-refractivity contribution in [2.24, 2.45) is 0 Å². The van der Waals surface area contributed by atoms with E-state index in [0.29, 0.717) is 18.7 Å². The second kappa shape index (κ2) is 7.42. The summed E-state index contributed by atoms with van der Waals surface area (Å²) in [5.41, 5.74) is 0.317. The van der Waals surface area contributed by atoms with Crippen LogP contribution >= 0.6 is 24.8 Å². The summed E-state index contributed by atoms with van der Waals surface area (Å²) in [5, 5.41) is 3.15. The molecule has 1 amide bonds. The molecule has 0 saturated carbocycles. The molecule has 1 aliphatic rings. The van der Waals surface area contributed by atoms with E-state index in [1.54, 1.807) is 4.90 Å². The third-order valence-corrected chi connectivity index (χ3v) is 2.36. The molecule has 0 atom stereocenters. The first kappa shape index (κ1) is 16.1. The van der Waals surface area contributed by atoms with Crippen LogP contribution in [0, 0.1) is 5.82 Å². The summed E-state index contributed by atoms with van der Waals surface area (Å²) in [7, 11) is 0. The van der Waals surface area contributed by atoms with Gasteiger partial charge >= 0.3 is 0 Å². The lowest BCUT2D eigenvalue weighted by Gasteiger charge is -2.27. The standard InChI is InChI=1S/C10H12FN3O.2ClH/c11-9-5-8(6-13-7-9)10(15)14-3-1-12-2-4-14;;/h5-7,12H,1-4H2;2*1H. The molecule has 0 aromatic carbocycles. The predicted octanol–water partition coefficient (Wildman–Crippen LogP) is 1.11. The van der Waals surface area contributed by atoms with Crippen LogP contribution in [0.2, 0.25) is 0 Å². The van der Waals surface area contributed by atoms with Gasteiger partial charge in [-0.1, -0.05) is 0 Å². The summed E-state index contributed by atoms with van der Waals surface area (Å²) in [6, 6.07) is 1.22. The Bertz CT molecular complexity index is 372. The molecule has 4 nitrogen and oxygen atoms in total. The highest BCUT2D eigenvalue weighted by Gasteiger charge is 2.18. The van der Waals surface area contributed by atoms with E-state index in [-0.39, 0.29) is 30.7 Å². The van der Waals surface area contributed by atoms with Gasteiger partial charge < -0.3 is 10.2 Å². The van der Waals surface area contributed by atoms with Gasteiger partial charge in [0.25, 0.3) is 5.91 Å². The van der Waals surface area contributed by atoms with Crippen LogP contribution < -0.4 is 5.32 Å². The van der Waals surface area contributed by atoms with Crippen LogP contribution in [0.3, 0.4) is 0 Å². The van der Waals surface area contributed by atoms with E-state index >= 15 is 0 Å². The summed E-state index contributed by atoms with van der Waals surface area (Å²) >= 11 is 0. The van der Waals surface area contributed by atoms with Crippen LogP contribution in [0.1, 0.15) is 10.4 Å². The molecule has 2 heterocycles. The molecule has 0 unspecified atom stereocenters. The molecule has 2 rings (SSSR count). The first-order valence-electron chi connectivity index (χ1n) is 4.88. The summed E-state index contributed by atoms with van der Waals surface area (Å²) in [6.07, 6.45) is 2.49. The van der Waals surface area contributed by atoms with E-state index < -0.39 is 5.82 Å². The normalized spacial score (nSPS) is 14.5. The van der Waals surface area contributed by atoms with Gasteiger partial charge in [-0.15, -0.1) is 24.8 Å². The molecule has 1 aliphatic heterocycles. The number of rotatable bonds is 1. The minimum absolute atomic E-state index is 0. The molecule has 1 N–H and O–H groups in total. The summed E-state index contributed by atoms with van der Waals surface area (Å²) in [5.74, 6) is -0.625. The van der Waals surface area contributed by atoms with Crippen LogP contribution in [0.25, 0.3) is 0 Å². The van der Waals surface area contributed by atoms with Gasteiger partial charge in [0.1, 0.15) is 5.82 Å². The van der Waals surface area contributed by atoms with Crippen molar-refractivity contribution < 1.29 is 9.18 Å². The van der Waals surface area contributed by atoms with Crippen LogP contribution in [0.4, 0.5) is 4.39 Å². The van der Waals surface area contributed by atoms with E-state index in [1.807, 2.05) is 0 Å². The zero-order chi connectivity index (χ0) is 10.7. The molecule has 1 aromatic rings. The maximum absolute atomic E-state index is 12.8. The highest BCUT2D eigenvalue weighted by atomic mass is 35.5. The lowest BCUT2D eigenvalue weighted by Crippen LogP contribution is -2.46. The monoisotopic (exact) mass is 281 g/mol. The molecule has 0 radical (unpaired) electrons. The quantitative estimate of drug-likeness (QED) is 0.839. The van der Waals surface area contributed by atoms with Gasteiger partial charge in [0.2, 0.25) is 0 Å². The third-order valence-electron chi connectivity index (χ3n) is 2.36. The Hall–Kier alpha value is -0.910. The fourth-order valence-corrected chi connectivity index (χ4v) is 1.58. The van der Waals surface area contributed by atoms with Crippen molar-refractivity contribution in [2.75, 3.05) is 26.2 Å². The second-order valence-electron chi connectivity index (χ2n) is 3.43. The van der Waals surface area contributed by atoms with E-state index in [4.69, 9.17) is 0 Å². The zero-order valence-corrected chi connectivity index (χ0v) is 10.7. The third kappa shape index (κ3) is 4.11. The van der Waals surface area contributed by atoms with Crippen LogP contribution in [-0.2, 0) is 0 Å². The molecule has 96 valence electrons. The number of amides is 1.